The van der Waals surface area contributed by atoms with Crippen molar-refractivity contribution < 1.29 is 14.2 Å². The Hall–Kier alpha value is 0.170. The van der Waals surface area contributed by atoms with Crippen LogP contribution in [-0.2, 0) is 14.2 Å². The predicted octanol–water partition coefficient (Wildman–Crippen LogP) is 2.42. The Morgan fingerprint density at radius 3 is 2.07 bits per heavy atom. The highest BCUT2D eigenvalue weighted by atomic mass is 35.5. The Balaban J connectivity index is 3.72. The summed E-state index contributed by atoms with van der Waals surface area (Å²) in [6.45, 7) is 9.00. The van der Waals surface area contributed by atoms with Crippen LogP contribution in [0.5, 0.6) is 0 Å². The number of ether oxygens (including phenoxy) is 3. The van der Waals surface area contributed by atoms with Crippen molar-refractivity contribution in [1.82, 2.24) is 0 Å². The molecule has 0 rings (SSSR count). The third-order valence-corrected chi connectivity index (χ3v) is 1.62. The van der Waals surface area contributed by atoms with Gasteiger partial charge in [0.05, 0.1) is 25.4 Å². The fourth-order valence-corrected chi connectivity index (χ4v) is 1.08. The lowest BCUT2D eigenvalue weighted by Gasteiger charge is -2.21. The number of halogens is 1. The van der Waals surface area contributed by atoms with Crippen LogP contribution >= 0.6 is 11.6 Å². The van der Waals surface area contributed by atoms with E-state index in [4.69, 9.17) is 25.8 Å². The molecule has 0 aliphatic carbocycles. The largest absolute Gasteiger partial charge is 0.376 e. The molecule has 14 heavy (non-hydrogen) atoms. The van der Waals surface area contributed by atoms with E-state index in [-0.39, 0.29) is 24.4 Å². The van der Waals surface area contributed by atoms with Crippen LogP contribution in [0.1, 0.15) is 27.7 Å². The number of rotatable bonds is 8. The van der Waals surface area contributed by atoms with Gasteiger partial charge in [0.25, 0.3) is 0 Å². The second kappa shape index (κ2) is 8.48. The van der Waals surface area contributed by atoms with E-state index in [9.17, 15) is 0 Å². The lowest BCUT2D eigenvalue weighted by Crippen LogP contribution is -2.29. The molecule has 0 amide bonds. The summed E-state index contributed by atoms with van der Waals surface area (Å²) in [6, 6.07) is 0.194. The van der Waals surface area contributed by atoms with Crippen molar-refractivity contribution in [2.45, 2.75) is 46.0 Å². The molecule has 4 heteroatoms. The van der Waals surface area contributed by atoms with E-state index in [1.165, 1.54) is 0 Å². The van der Waals surface area contributed by atoms with Crippen LogP contribution in [0, 0.1) is 0 Å². The molecule has 0 fully saturated rings. The molecule has 86 valence electrons. The van der Waals surface area contributed by atoms with Crippen molar-refractivity contribution in [3.63, 3.8) is 0 Å². The molecule has 0 saturated carbocycles. The summed E-state index contributed by atoms with van der Waals surface area (Å²) < 4.78 is 16.1. The Kier molecular flexibility index (Phi) is 8.58. The fourth-order valence-electron chi connectivity index (χ4n) is 0.987. The first-order valence-corrected chi connectivity index (χ1v) is 5.50. The van der Waals surface area contributed by atoms with Crippen LogP contribution in [0.25, 0.3) is 0 Å². The Bertz CT molecular complexity index is 129. The molecule has 0 aromatic heterocycles. The van der Waals surface area contributed by atoms with Crippen LogP contribution in [0.15, 0.2) is 0 Å². The molecule has 0 saturated heterocycles. The van der Waals surface area contributed by atoms with Crippen molar-refractivity contribution in [2.24, 2.45) is 0 Å². The molecule has 0 N–H and O–H groups in total. The number of alkyl halides is 1. The topological polar surface area (TPSA) is 27.7 Å². The Morgan fingerprint density at radius 2 is 1.64 bits per heavy atom. The van der Waals surface area contributed by atoms with E-state index in [2.05, 4.69) is 0 Å². The average molecular weight is 225 g/mol. The van der Waals surface area contributed by atoms with E-state index in [1.807, 2.05) is 27.7 Å². The summed E-state index contributed by atoms with van der Waals surface area (Å²) in [6.07, 6.45) is 0.357. The first-order valence-electron chi connectivity index (χ1n) is 4.97. The molecular weight excluding hydrogens is 204 g/mol. The molecule has 0 aliphatic heterocycles. The van der Waals surface area contributed by atoms with E-state index < -0.39 is 0 Å². The zero-order valence-electron chi connectivity index (χ0n) is 9.46. The monoisotopic (exact) mass is 224 g/mol. The van der Waals surface area contributed by atoms with Gasteiger partial charge in [0, 0.05) is 0 Å². The summed E-state index contributed by atoms with van der Waals surface area (Å²) >= 11 is 5.43. The van der Waals surface area contributed by atoms with E-state index in [0.29, 0.717) is 13.2 Å². The maximum Gasteiger partial charge on any atom is 0.120 e. The molecular formula is C10H21ClO3. The maximum atomic E-state index is 5.59. The first-order chi connectivity index (χ1) is 6.56. The van der Waals surface area contributed by atoms with Gasteiger partial charge < -0.3 is 14.2 Å². The van der Waals surface area contributed by atoms with Gasteiger partial charge in [-0.05, 0) is 27.7 Å². The van der Waals surface area contributed by atoms with Crippen molar-refractivity contribution in [2.75, 3.05) is 19.3 Å². The Labute approximate surface area is 91.7 Å². The van der Waals surface area contributed by atoms with Gasteiger partial charge in [-0.25, -0.2) is 0 Å². The van der Waals surface area contributed by atoms with Crippen molar-refractivity contribution >= 4 is 11.6 Å². The third kappa shape index (κ3) is 8.75. The molecule has 0 radical (unpaired) electrons. The highest BCUT2D eigenvalue weighted by Crippen LogP contribution is 2.02. The predicted molar refractivity (Wildman–Crippen MR) is 57.8 cm³/mol. The van der Waals surface area contributed by atoms with Crippen LogP contribution in [0.2, 0.25) is 0 Å². The van der Waals surface area contributed by atoms with Gasteiger partial charge in [-0.1, -0.05) is 11.6 Å². The van der Waals surface area contributed by atoms with Gasteiger partial charge in [-0.3, -0.25) is 0 Å². The van der Waals surface area contributed by atoms with Gasteiger partial charge in [-0.15, -0.1) is 0 Å². The zero-order valence-corrected chi connectivity index (χ0v) is 10.2. The second-order valence-electron chi connectivity index (χ2n) is 3.67. The van der Waals surface area contributed by atoms with Crippen LogP contribution < -0.4 is 0 Å². The normalized spacial score (nSPS) is 13.9. The van der Waals surface area contributed by atoms with Crippen LogP contribution in [-0.4, -0.2) is 37.6 Å². The highest BCUT2D eigenvalue weighted by Gasteiger charge is 2.12. The minimum atomic E-state index is -0.0313. The van der Waals surface area contributed by atoms with E-state index in [1.54, 1.807) is 0 Å². The first kappa shape index (κ1) is 14.2. The molecule has 0 spiro atoms. The smallest absolute Gasteiger partial charge is 0.120 e. The second-order valence-corrected chi connectivity index (χ2v) is 3.89. The maximum absolute atomic E-state index is 5.59. The minimum absolute atomic E-state index is 0.0313. The van der Waals surface area contributed by atoms with Gasteiger partial charge in [0.2, 0.25) is 0 Å². The summed E-state index contributed by atoms with van der Waals surface area (Å²) in [5, 5.41) is 0. The molecule has 0 aromatic carbocycles. The molecule has 0 heterocycles. The van der Waals surface area contributed by atoms with Crippen molar-refractivity contribution in [3.05, 3.63) is 0 Å². The molecule has 0 bridgehead atoms. The van der Waals surface area contributed by atoms with Gasteiger partial charge >= 0.3 is 0 Å². The van der Waals surface area contributed by atoms with Crippen molar-refractivity contribution in [1.29, 1.82) is 0 Å². The summed E-state index contributed by atoms with van der Waals surface area (Å²) in [5.74, 6) is 0. The lowest BCUT2D eigenvalue weighted by molar-refractivity contribution is -0.0865. The summed E-state index contributed by atoms with van der Waals surface area (Å²) in [4.78, 5) is 0. The van der Waals surface area contributed by atoms with Crippen LogP contribution in [0.4, 0.5) is 0 Å². The van der Waals surface area contributed by atoms with Gasteiger partial charge in [-0.2, -0.15) is 0 Å². The molecule has 1 unspecified atom stereocenters. The van der Waals surface area contributed by atoms with Gasteiger partial charge in [0.1, 0.15) is 12.2 Å². The number of hydrogen-bond donors (Lipinski definition) is 0. The van der Waals surface area contributed by atoms with E-state index in [0.717, 1.165) is 0 Å². The lowest BCUT2D eigenvalue weighted by atomic mass is 10.3. The highest BCUT2D eigenvalue weighted by molar-refractivity contribution is 6.17. The quantitative estimate of drug-likeness (QED) is 0.593. The average Bonchev–Trinajstić information content (AvgIpc) is 2.09. The molecule has 1 atom stereocenters. The molecule has 3 nitrogen and oxygen atoms in total. The third-order valence-electron chi connectivity index (χ3n) is 1.46. The SMILES string of the molecule is CC(C)OCC(COCCl)OC(C)C. The number of hydrogen-bond acceptors (Lipinski definition) is 3. The minimum Gasteiger partial charge on any atom is -0.376 e. The van der Waals surface area contributed by atoms with E-state index >= 15 is 0 Å². The molecule has 0 aliphatic rings. The van der Waals surface area contributed by atoms with Gasteiger partial charge in [0.15, 0.2) is 0 Å². The summed E-state index contributed by atoms with van der Waals surface area (Å²) in [5.41, 5.74) is 0. The fraction of sp³-hybridized carbons (Fsp3) is 1.00. The van der Waals surface area contributed by atoms with Crippen LogP contribution in [0.3, 0.4) is 0 Å². The van der Waals surface area contributed by atoms with Crippen molar-refractivity contribution in [3.8, 4) is 0 Å². The Morgan fingerprint density at radius 1 is 1.00 bits per heavy atom. The standard InChI is InChI=1S/C10H21ClO3/c1-8(2)13-6-10(5-12-7-11)14-9(3)4/h8-10H,5-7H2,1-4H3. The summed E-state index contributed by atoms with van der Waals surface area (Å²) in [7, 11) is 0. The molecule has 0 aromatic rings. The zero-order chi connectivity index (χ0) is 11.0.